The lowest BCUT2D eigenvalue weighted by Gasteiger charge is -2.35. The molecule has 0 bridgehead atoms. The lowest BCUT2D eigenvalue weighted by molar-refractivity contribution is -0.144. The molecule has 1 aliphatic rings. The van der Waals surface area contributed by atoms with Crippen molar-refractivity contribution in [3.05, 3.63) is 0 Å². The molecule has 0 heterocycles. The van der Waals surface area contributed by atoms with E-state index in [2.05, 4.69) is 5.32 Å². The van der Waals surface area contributed by atoms with Gasteiger partial charge in [-0.2, -0.15) is 0 Å². The zero-order valence-electron chi connectivity index (χ0n) is 9.98. The Hall–Kier alpha value is -1.14. The van der Waals surface area contributed by atoms with E-state index in [1.807, 2.05) is 6.92 Å². The van der Waals surface area contributed by atoms with Gasteiger partial charge in [-0.3, -0.25) is 4.79 Å². The van der Waals surface area contributed by atoms with Gasteiger partial charge in [0.05, 0.1) is 12.1 Å². The van der Waals surface area contributed by atoms with Crippen molar-refractivity contribution in [3.63, 3.8) is 0 Å². The summed E-state index contributed by atoms with van der Waals surface area (Å²) in [6, 6.07) is -1.28. The first-order valence-electron chi connectivity index (χ1n) is 5.82. The summed E-state index contributed by atoms with van der Waals surface area (Å²) in [6.45, 7) is 1.39. The molecule has 0 aliphatic heterocycles. The Bertz CT molecular complexity index is 308. The van der Waals surface area contributed by atoms with E-state index < -0.39 is 30.1 Å². The van der Waals surface area contributed by atoms with Gasteiger partial charge in [0.25, 0.3) is 0 Å². The third-order valence-corrected chi connectivity index (χ3v) is 3.27. The number of rotatable bonds is 4. The highest BCUT2D eigenvalue weighted by atomic mass is 16.4. The summed E-state index contributed by atoms with van der Waals surface area (Å²) < 4.78 is 0. The van der Waals surface area contributed by atoms with Crippen LogP contribution in [0.3, 0.4) is 0 Å². The predicted octanol–water partition coefficient (Wildman–Crippen LogP) is -0.544. The zero-order chi connectivity index (χ0) is 13.1. The number of carbonyl (C=O) groups is 2. The van der Waals surface area contributed by atoms with Crippen molar-refractivity contribution in [1.29, 1.82) is 0 Å². The van der Waals surface area contributed by atoms with Crippen molar-refractivity contribution < 1.29 is 19.8 Å². The summed E-state index contributed by atoms with van der Waals surface area (Å²) in [5.41, 5.74) is 5.01. The molecule has 1 rings (SSSR count). The van der Waals surface area contributed by atoms with E-state index in [0.717, 1.165) is 12.8 Å². The van der Waals surface area contributed by atoms with Crippen molar-refractivity contribution in [2.45, 2.75) is 44.2 Å². The molecule has 1 amide bonds. The Kier molecular flexibility index (Phi) is 4.47. The Morgan fingerprint density at radius 3 is 2.71 bits per heavy atom. The Labute approximate surface area is 100 Å². The number of nitrogens with one attached hydrogen (secondary N) is 1. The average Bonchev–Trinajstić information content (AvgIpc) is 2.24. The molecule has 17 heavy (non-hydrogen) atoms. The Morgan fingerprint density at radius 2 is 2.24 bits per heavy atom. The molecule has 0 saturated heterocycles. The maximum Gasteiger partial charge on any atom is 0.328 e. The first kappa shape index (κ1) is 13.9. The molecule has 1 aliphatic carbocycles. The number of aliphatic hydroxyl groups excluding tert-OH is 1. The quantitative estimate of drug-likeness (QED) is 0.530. The third kappa shape index (κ3) is 3.41. The number of carboxylic acid groups (broad SMARTS) is 1. The molecule has 6 nitrogen and oxygen atoms in total. The first-order valence-corrected chi connectivity index (χ1v) is 5.82. The number of hydrogen-bond acceptors (Lipinski definition) is 4. The Balaban J connectivity index is 2.65. The summed E-state index contributed by atoms with van der Waals surface area (Å²) in [6.07, 6.45) is 3.01. The van der Waals surface area contributed by atoms with Gasteiger partial charge in [0.15, 0.2) is 0 Å². The number of aliphatic hydroxyl groups is 1. The van der Waals surface area contributed by atoms with Gasteiger partial charge in [-0.05, 0) is 18.8 Å². The maximum absolute atomic E-state index is 11.9. The standard InChI is InChI=1S/C11H20N2O4/c1-7-3-2-4-11(12,5-7)10(17)13-8(6-14)9(15)16/h7-8,14H,2-6,12H2,1H3,(H,13,17)(H,15,16). The summed E-state index contributed by atoms with van der Waals surface area (Å²) in [7, 11) is 0. The molecule has 6 heteroatoms. The van der Waals surface area contributed by atoms with Gasteiger partial charge in [0, 0.05) is 0 Å². The fraction of sp³-hybridized carbons (Fsp3) is 0.818. The van der Waals surface area contributed by atoms with Gasteiger partial charge in [-0.25, -0.2) is 4.79 Å². The highest BCUT2D eigenvalue weighted by Gasteiger charge is 2.39. The molecular formula is C11H20N2O4. The number of carbonyl (C=O) groups excluding carboxylic acids is 1. The molecule has 0 aromatic heterocycles. The van der Waals surface area contributed by atoms with Crippen LogP contribution in [0, 0.1) is 5.92 Å². The topological polar surface area (TPSA) is 113 Å². The molecule has 5 N–H and O–H groups in total. The van der Waals surface area contributed by atoms with Crippen LogP contribution < -0.4 is 11.1 Å². The molecule has 3 unspecified atom stereocenters. The molecule has 1 saturated carbocycles. The van der Waals surface area contributed by atoms with Crippen LogP contribution in [0.25, 0.3) is 0 Å². The second-order valence-electron chi connectivity index (χ2n) is 4.90. The van der Waals surface area contributed by atoms with Gasteiger partial charge < -0.3 is 21.3 Å². The van der Waals surface area contributed by atoms with E-state index in [9.17, 15) is 9.59 Å². The van der Waals surface area contributed by atoms with Gasteiger partial charge in [0.2, 0.25) is 5.91 Å². The molecule has 0 spiro atoms. The van der Waals surface area contributed by atoms with E-state index in [1.54, 1.807) is 0 Å². The number of hydrogen-bond donors (Lipinski definition) is 4. The normalized spacial score (nSPS) is 30.6. The van der Waals surface area contributed by atoms with Crippen LogP contribution in [0.1, 0.15) is 32.6 Å². The predicted molar refractivity (Wildman–Crippen MR) is 61.2 cm³/mol. The summed E-state index contributed by atoms with van der Waals surface area (Å²) in [5, 5.41) is 19.9. The first-order chi connectivity index (χ1) is 7.89. The highest BCUT2D eigenvalue weighted by molar-refractivity contribution is 5.90. The molecule has 0 aromatic rings. The van der Waals surface area contributed by atoms with E-state index in [1.165, 1.54) is 0 Å². The van der Waals surface area contributed by atoms with Crippen LogP contribution in [-0.2, 0) is 9.59 Å². The van der Waals surface area contributed by atoms with Crippen molar-refractivity contribution in [3.8, 4) is 0 Å². The van der Waals surface area contributed by atoms with Gasteiger partial charge in [-0.1, -0.05) is 19.8 Å². The summed E-state index contributed by atoms with van der Waals surface area (Å²) in [5.74, 6) is -1.38. The molecule has 0 aromatic carbocycles. The second-order valence-corrected chi connectivity index (χ2v) is 4.90. The van der Waals surface area contributed by atoms with Crippen molar-refractivity contribution in [2.24, 2.45) is 11.7 Å². The monoisotopic (exact) mass is 244 g/mol. The van der Waals surface area contributed by atoms with Crippen LogP contribution in [0.15, 0.2) is 0 Å². The van der Waals surface area contributed by atoms with Crippen molar-refractivity contribution in [2.75, 3.05) is 6.61 Å². The van der Waals surface area contributed by atoms with E-state index in [4.69, 9.17) is 15.9 Å². The SMILES string of the molecule is CC1CCCC(N)(C(=O)NC(CO)C(=O)O)C1. The largest absolute Gasteiger partial charge is 0.480 e. The number of amides is 1. The fourth-order valence-electron chi connectivity index (χ4n) is 2.29. The second kappa shape index (κ2) is 5.46. The molecular weight excluding hydrogens is 224 g/mol. The number of aliphatic carboxylic acids is 1. The van der Waals surface area contributed by atoms with Crippen LogP contribution in [0.2, 0.25) is 0 Å². The van der Waals surface area contributed by atoms with E-state index in [-0.39, 0.29) is 0 Å². The lowest BCUT2D eigenvalue weighted by atomic mass is 9.76. The zero-order valence-corrected chi connectivity index (χ0v) is 9.98. The smallest absolute Gasteiger partial charge is 0.328 e. The molecule has 1 fully saturated rings. The number of carboxylic acids is 1. The van der Waals surface area contributed by atoms with Crippen LogP contribution in [0.4, 0.5) is 0 Å². The third-order valence-electron chi connectivity index (χ3n) is 3.27. The average molecular weight is 244 g/mol. The van der Waals surface area contributed by atoms with Gasteiger partial charge >= 0.3 is 5.97 Å². The van der Waals surface area contributed by atoms with E-state index >= 15 is 0 Å². The molecule has 98 valence electrons. The van der Waals surface area contributed by atoms with Crippen molar-refractivity contribution >= 4 is 11.9 Å². The van der Waals surface area contributed by atoms with Crippen LogP contribution >= 0.6 is 0 Å². The Morgan fingerprint density at radius 1 is 1.59 bits per heavy atom. The summed E-state index contributed by atoms with van der Waals surface area (Å²) in [4.78, 5) is 22.6. The molecule has 0 radical (unpaired) electrons. The van der Waals surface area contributed by atoms with E-state index in [0.29, 0.717) is 18.8 Å². The van der Waals surface area contributed by atoms with Gasteiger partial charge in [0.1, 0.15) is 6.04 Å². The lowest BCUT2D eigenvalue weighted by Crippen LogP contribution is -2.59. The molecule has 3 atom stereocenters. The number of nitrogens with two attached hydrogens (primary N) is 1. The van der Waals surface area contributed by atoms with Crippen molar-refractivity contribution in [1.82, 2.24) is 5.32 Å². The highest BCUT2D eigenvalue weighted by Crippen LogP contribution is 2.30. The summed E-state index contributed by atoms with van der Waals surface area (Å²) >= 11 is 0. The fourth-order valence-corrected chi connectivity index (χ4v) is 2.29. The minimum absolute atomic E-state index is 0.358. The van der Waals surface area contributed by atoms with Crippen LogP contribution in [-0.4, -0.2) is 40.3 Å². The minimum atomic E-state index is -1.28. The minimum Gasteiger partial charge on any atom is -0.480 e. The maximum atomic E-state index is 11.9. The van der Waals surface area contributed by atoms with Gasteiger partial charge in [-0.15, -0.1) is 0 Å². The van der Waals surface area contributed by atoms with Crippen LogP contribution in [0.5, 0.6) is 0 Å².